The van der Waals surface area contributed by atoms with E-state index >= 15 is 0 Å². The first kappa shape index (κ1) is 8.62. The SMILES string of the molecule is Cc1noc([C@@H]2C[C@H](F)CN2C)n1. The first-order valence-corrected chi connectivity index (χ1v) is 4.31. The highest BCUT2D eigenvalue weighted by Gasteiger charge is 2.34. The van der Waals surface area contributed by atoms with Crippen LogP contribution in [-0.4, -0.2) is 34.8 Å². The Morgan fingerprint density at radius 3 is 2.85 bits per heavy atom. The van der Waals surface area contributed by atoms with Gasteiger partial charge in [0.15, 0.2) is 5.82 Å². The van der Waals surface area contributed by atoms with E-state index in [1.54, 1.807) is 6.92 Å². The second kappa shape index (κ2) is 3.06. The van der Waals surface area contributed by atoms with Crippen molar-refractivity contribution in [2.75, 3.05) is 13.6 Å². The topological polar surface area (TPSA) is 42.2 Å². The van der Waals surface area contributed by atoms with Gasteiger partial charge >= 0.3 is 0 Å². The number of likely N-dealkylation sites (tertiary alicyclic amines) is 1. The molecule has 1 aliphatic rings. The molecule has 1 aromatic rings. The second-order valence-electron chi connectivity index (χ2n) is 3.47. The lowest BCUT2D eigenvalue weighted by molar-refractivity contribution is 0.243. The van der Waals surface area contributed by atoms with Crippen LogP contribution in [0.25, 0.3) is 0 Å². The maximum Gasteiger partial charge on any atom is 0.244 e. The van der Waals surface area contributed by atoms with Gasteiger partial charge < -0.3 is 4.52 Å². The standard InChI is InChI=1S/C8H12FN3O/c1-5-10-8(13-11-5)7-3-6(9)4-12(7)2/h6-7H,3-4H2,1-2H3/t6-,7-/m0/s1. The minimum atomic E-state index is -0.776. The number of hydrogen-bond acceptors (Lipinski definition) is 4. The first-order chi connectivity index (χ1) is 6.16. The van der Waals surface area contributed by atoms with Crippen LogP contribution in [0, 0.1) is 6.92 Å². The van der Waals surface area contributed by atoms with Crippen molar-refractivity contribution in [2.45, 2.75) is 25.6 Å². The van der Waals surface area contributed by atoms with Crippen LogP contribution in [0.4, 0.5) is 4.39 Å². The van der Waals surface area contributed by atoms with Crippen molar-refractivity contribution in [2.24, 2.45) is 0 Å². The normalized spacial score (nSPS) is 29.8. The molecule has 0 aliphatic carbocycles. The van der Waals surface area contributed by atoms with Crippen LogP contribution >= 0.6 is 0 Å². The van der Waals surface area contributed by atoms with E-state index in [9.17, 15) is 4.39 Å². The smallest absolute Gasteiger partial charge is 0.244 e. The zero-order valence-corrected chi connectivity index (χ0v) is 7.70. The molecule has 2 rings (SSSR count). The Morgan fingerprint density at radius 1 is 1.62 bits per heavy atom. The number of halogens is 1. The fraction of sp³-hybridized carbons (Fsp3) is 0.750. The third-order valence-corrected chi connectivity index (χ3v) is 2.33. The van der Waals surface area contributed by atoms with Crippen molar-refractivity contribution in [3.8, 4) is 0 Å². The van der Waals surface area contributed by atoms with Gasteiger partial charge in [0.25, 0.3) is 0 Å². The maximum absolute atomic E-state index is 13.0. The fourth-order valence-corrected chi connectivity index (χ4v) is 1.67. The lowest BCUT2D eigenvalue weighted by Gasteiger charge is -2.13. The molecule has 0 saturated carbocycles. The van der Waals surface area contributed by atoms with Gasteiger partial charge in [-0.1, -0.05) is 5.16 Å². The molecule has 0 aromatic carbocycles. The largest absolute Gasteiger partial charge is 0.338 e. The van der Waals surface area contributed by atoms with Crippen LogP contribution in [0.15, 0.2) is 4.52 Å². The number of rotatable bonds is 1. The van der Waals surface area contributed by atoms with Crippen LogP contribution in [0.5, 0.6) is 0 Å². The van der Waals surface area contributed by atoms with Gasteiger partial charge in [0.1, 0.15) is 6.17 Å². The van der Waals surface area contributed by atoms with Gasteiger partial charge in [0.2, 0.25) is 5.89 Å². The average molecular weight is 185 g/mol. The molecule has 1 aliphatic heterocycles. The lowest BCUT2D eigenvalue weighted by atomic mass is 10.2. The van der Waals surface area contributed by atoms with Crippen LogP contribution in [-0.2, 0) is 0 Å². The lowest BCUT2D eigenvalue weighted by Crippen LogP contribution is -2.18. The quantitative estimate of drug-likeness (QED) is 0.656. The highest BCUT2D eigenvalue weighted by atomic mass is 19.1. The molecule has 0 spiro atoms. The summed E-state index contributed by atoms with van der Waals surface area (Å²) in [6.07, 6.45) is -0.319. The number of hydrogen-bond donors (Lipinski definition) is 0. The number of aryl methyl sites for hydroxylation is 1. The number of nitrogens with zero attached hydrogens (tertiary/aromatic N) is 3. The molecule has 1 saturated heterocycles. The molecular weight excluding hydrogens is 173 g/mol. The van der Waals surface area contributed by atoms with E-state index in [-0.39, 0.29) is 6.04 Å². The highest BCUT2D eigenvalue weighted by molar-refractivity contribution is 4.97. The molecule has 2 heterocycles. The van der Waals surface area contributed by atoms with E-state index in [4.69, 9.17) is 4.52 Å². The van der Waals surface area contributed by atoms with Gasteiger partial charge in [-0.25, -0.2) is 4.39 Å². The molecule has 0 radical (unpaired) electrons. The van der Waals surface area contributed by atoms with E-state index in [0.29, 0.717) is 24.7 Å². The molecule has 0 amide bonds. The van der Waals surface area contributed by atoms with E-state index < -0.39 is 6.17 Å². The summed E-state index contributed by atoms with van der Waals surface area (Å²) in [4.78, 5) is 5.99. The summed E-state index contributed by atoms with van der Waals surface area (Å²) >= 11 is 0. The maximum atomic E-state index is 13.0. The van der Waals surface area contributed by atoms with E-state index in [2.05, 4.69) is 10.1 Å². The van der Waals surface area contributed by atoms with Crippen molar-refractivity contribution in [3.05, 3.63) is 11.7 Å². The van der Waals surface area contributed by atoms with Crippen molar-refractivity contribution in [1.82, 2.24) is 15.0 Å². The third kappa shape index (κ3) is 1.56. The van der Waals surface area contributed by atoms with Gasteiger partial charge in [-0.2, -0.15) is 4.98 Å². The predicted octanol–water partition coefficient (Wildman–Crippen LogP) is 1.09. The van der Waals surface area contributed by atoms with E-state index in [1.807, 2.05) is 11.9 Å². The number of aromatic nitrogens is 2. The van der Waals surface area contributed by atoms with Crippen LogP contribution in [0.1, 0.15) is 24.2 Å². The zero-order valence-electron chi connectivity index (χ0n) is 7.70. The molecule has 1 aromatic heterocycles. The van der Waals surface area contributed by atoms with Crippen LogP contribution in [0.2, 0.25) is 0 Å². The Bertz CT molecular complexity index is 301. The van der Waals surface area contributed by atoms with E-state index in [1.165, 1.54) is 0 Å². The third-order valence-electron chi connectivity index (χ3n) is 2.33. The molecule has 2 atom stereocenters. The molecule has 0 unspecified atom stereocenters. The Hall–Kier alpha value is -0.970. The number of alkyl halides is 1. The molecule has 1 fully saturated rings. The molecule has 0 bridgehead atoms. The highest BCUT2D eigenvalue weighted by Crippen LogP contribution is 2.30. The fourth-order valence-electron chi connectivity index (χ4n) is 1.67. The Morgan fingerprint density at radius 2 is 2.38 bits per heavy atom. The molecule has 4 nitrogen and oxygen atoms in total. The minimum Gasteiger partial charge on any atom is -0.338 e. The monoisotopic (exact) mass is 185 g/mol. The van der Waals surface area contributed by atoms with Gasteiger partial charge in [0, 0.05) is 13.0 Å². The Kier molecular flexibility index (Phi) is 2.03. The summed E-state index contributed by atoms with van der Waals surface area (Å²) in [6.45, 7) is 2.21. The summed E-state index contributed by atoms with van der Waals surface area (Å²) < 4.78 is 18.0. The van der Waals surface area contributed by atoms with Crippen molar-refractivity contribution in [3.63, 3.8) is 0 Å². The van der Waals surface area contributed by atoms with Crippen LogP contribution < -0.4 is 0 Å². The van der Waals surface area contributed by atoms with Gasteiger partial charge in [-0.05, 0) is 14.0 Å². The summed E-state index contributed by atoms with van der Waals surface area (Å²) in [5.74, 6) is 1.13. The van der Waals surface area contributed by atoms with Gasteiger partial charge in [-0.3, -0.25) is 4.90 Å². The summed E-state index contributed by atoms with van der Waals surface area (Å²) in [5, 5.41) is 3.69. The first-order valence-electron chi connectivity index (χ1n) is 4.31. The molecule has 13 heavy (non-hydrogen) atoms. The summed E-state index contributed by atoms with van der Waals surface area (Å²) in [5.41, 5.74) is 0. The minimum absolute atomic E-state index is 0.0452. The summed E-state index contributed by atoms with van der Waals surface area (Å²) in [7, 11) is 1.86. The van der Waals surface area contributed by atoms with Gasteiger partial charge in [-0.15, -0.1) is 0 Å². The molecular formula is C8H12FN3O. The Labute approximate surface area is 75.7 Å². The average Bonchev–Trinajstić information content (AvgIpc) is 2.58. The molecule has 5 heteroatoms. The molecule has 72 valence electrons. The summed E-state index contributed by atoms with van der Waals surface area (Å²) in [6, 6.07) is -0.0452. The predicted molar refractivity (Wildman–Crippen MR) is 43.9 cm³/mol. The Balaban J connectivity index is 2.17. The van der Waals surface area contributed by atoms with Crippen LogP contribution in [0.3, 0.4) is 0 Å². The van der Waals surface area contributed by atoms with Crippen molar-refractivity contribution in [1.29, 1.82) is 0 Å². The second-order valence-corrected chi connectivity index (χ2v) is 3.47. The van der Waals surface area contributed by atoms with Gasteiger partial charge in [0.05, 0.1) is 6.04 Å². The van der Waals surface area contributed by atoms with E-state index in [0.717, 1.165) is 0 Å². The zero-order chi connectivity index (χ0) is 9.42. The van der Waals surface area contributed by atoms with Crippen molar-refractivity contribution >= 4 is 0 Å². The molecule has 0 N–H and O–H groups in total. The van der Waals surface area contributed by atoms with Crippen molar-refractivity contribution < 1.29 is 8.91 Å².